The number of carboxylic acids is 3. The van der Waals surface area contributed by atoms with Crippen LogP contribution in [0.5, 0.6) is 0 Å². The second-order valence-corrected chi connectivity index (χ2v) is 5.35. The van der Waals surface area contributed by atoms with Crippen LogP contribution in [-0.4, -0.2) is 33.2 Å². The standard InChI is InChI=1S/C11H16O6/c1-10(8(14)15)3-6(7(12)13)4-11(2,5-10)9(16)17/h6H,3-5H2,1-2H3,(H,12,13)(H,14,15)(H,16,17)/t6?,10-,11+. The zero-order chi connectivity index (χ0) is 13.4. The largest absolute Gasteiger partial charge is 0.481 e. The lowest BCUT2D eigenvalue weighted by molar-refractivity contribution is -0.167. The summed E-state index contributed by atoms with van der Waals surface area (Å²) in [5.41, 5.74) is -2.59. The van der Waals surface area contributed by atoms with E-state index in [0.29, 0.717) is 0 Å². The predicted octanol–water partition coefficient (Wildman–Crippen LogP) is 1.05. The van der Waals surface area contributed by atoms with Crippen LogP contribution in [-0.2, 0) is 14.4 Å². The van der Waals surface area contributed by atoms with Gasteiger partial charge in [0.15, 0.2) is 0 Å². The molecule has 1 aliphatic rings. The fourth-order valence-electron chi connectivity index (χ4n) is 2.67. The summed E-state index contributed by atoms with van der Waals surface area (Å²) in [5, 5.41) is 27.2. The molecule has 1 unspecified atom stereocenters. The summed E-state index contributed by atoms with van der Waals surface area (Å²) in [6, 6.07) is 0. The number of carbonyl (C=O) groups is 3. The van der Waals surface area contributed by atoms with Crippen LogP contribution >= 0.6 is 0 Å². The van der Waals surface area contributed by atoms with E-state index in [4.69, 9.17) is 15.3 Å². The molecular formula is C11H16O6. The van der Waals surface area contributed by atoms with Crippen molar-refractivity contribution in [1.82, 2.24) is 0 Å². The third-order valence-corrected chi connectivity index (χ3v) is 3.56. The Kier molecular flexibility index (Phi) is 3.18. The van der Waals surface area contributed by atoms with Gasteiger partial charge in [0.2, 0.25) is 0 Å². The van der Waals surface area contributed by atoms with Gasteiger partial charge in [-0.1, -0.05) is 0 Å². The van der Waals surface area contributed by atoms with E-state index in [-0.39, 0.29) is 19.3 Å². The second kappa shape index (κ2) is 4.01. The van der Waals surface area contributed by atoms with Gasteiger partial charge in [-0.05, 0) is 33.1 Å². The molecule has 96 valence electrons. The van der Waals surface area contributed by atoms with Crippen LogP contribution in [0, 0.1) is 16.7 Å². The second-order valence-electron chi connectivity index (χ2n) is 5.35. The van der Waals surface area contributed by atoms with E-state index in [0.717, 1.165) is 0 Å². The molecular weight excluding hydrogens is 228 g/mol. The molecule has 0 radical (unpaired) electrons. The first-order chi connectivity index (χ1) is 7.61. The van der Waals surface area contributed by atoms with Crippen molar-refractivity contribution in [1.29, 1.82) is 0 Å². The smallest absolute Gasteiger partial charge is 0.309 e. The van der Waals surface area contributed by atoms with Gasteiger partial charge >= 0.3 is 17.9 Å². The molecule has 3 atom stereocenters. The highest BCUT2D eigenvalue weighted by Gasteiger charge is 2.53. The van der Waals surface area contributed by atoms with Crippen molar-refractivity contribution in [3.8, 4) is 0 Å². The van der Waals surface area contributed by atoms with E-state index in [1.54, 1.807) is 0 Å². The van der Waals surface area contributed by atoms with Gasteiger partial charge in [0, 0.05) is 0 Å². The number of carboxylic acid groups (broad SMARTS) is 3. The maximum absolute atomic E-state index is 11.2. The lowest BCUT2D eigenvalue weighted by Crippen LogP contribution is -2.47. The Morgan fingerprint density at radius 2 is 1.29 bits per heavy atom. The normalized spacial score (nSPS) is 37.4. The lowest BCUT2D eigenvalue weighted by Gasteiger charge is -2.42. The molecule has 0 amide bonds. The van der Waals surface area contributed by atoms with Gasteiger partial charge in [0.1, 0.15) is 0 Å². The van der Waals surface area contributed by atoms with Crippen LogP contribution < -0.4 is 0 Å². The third kappa shape index (κ3) is 2.40. The van der Waals surface area contributed by atoms with Gasteiger partial charge in [-0.2, -0.15) is 0 Å². The first kappa shape index (κ1) is 13.5. The molecule has 1 aliphatic carbocycles. The molecule has 6 heteroatoms. The van der Waals surface area contributed by atoms with Crippen LogP contribution in [0.4, 0.5) is 0 Å². The number of rotatable bonds is 3. The summed E-state index contributed by atoms with van der Waals surface area (Å²) in [6.45, 7) is 2.82. The molecule has 1 rings (SSSR count). The topological polar surface area (TPSA) is 112 Å². The molecule has 0 saturated heterocycles. The summed E-state index contributed by atoms with van der Waals surface area (Å²) in [5.74, 6) is -4.34. The molecule has 0 bridgehead atoms. The fourth-order valence-corrected chi connectivity index (χ4v) is 2.67. The highest BCUT2D eigenvalue weighted by molar-refractivity contribution is 5.82. The van der Waals surface area contributed by atoms with Crippen molar-refractivity contribution in [3.63, 3.8) is 0 Å². The first-order valence-corrected chi connectivity index (χ1v) is 5.30. The van der Waals surface area contributed by atoms with E-state index in [2.05, 4.69) is 0 Å². The van der Waals surface area contributed by atoms with Crippen molar-refractivity contribution in [2.45, 2.75) is 33.1 Å². The maximum atomic E-state index is 11.2. The Hall–Kier alpha value is -1.59. The molecule has 0 aliphatic heterocycles. The first-order valence-electron chi connectivity index (χ1n) is 5.30. The summed E-state index contributed by atoms with van der Waals surface area (Å²) in [6.07, 6.45) is -0.102. The Balaban J connectivity index is 3.12. The van der Waals surface area contributed by atoms with Gasteiger partial charge in [-0.15, -0.1) is 0 Å². The van der Waals surface area contributed by atoms with Crippen LogP contribution in [0.1, 0.15) is 33.1 Å². The maximum Gasteiger partial charge on any atom is 0.309 e. The third-order valence-electron chi connectivity index (χ3n) is 3.56. The predicted molar refractivity (Wildman–Crippen MR) is 56.5 cm³/mol. The average molecular weight is 244 g/mol. The van der Waals surface area contributed by atoms with Gasteiger partial charge in [-0.3, -0.25) is 14.4 Å². The Labute approximate surface area is 98.3 Å². The average Bonchev–Trinajstić information content (AvgIpc) is 2.15. The molecule has 0 heterocycles. The molecule has 6 nitrogen and oxygen atoms in total. The lowest BCUT2D eigenvalue weighted by atomic mass is 9.60. The highest BCUT2D eigenvalue weighted by Crippen LogP contribution is 2.49. The van der Waals surface area contributed by atoms with Gasteiger partial charge < -0.3 is 15.3 Å². The van der Waals surface area contributed by atoms with Crippen molar-refractivity contribution in [2.24, 2.45) is 16.7 Å². The Bertz CT molecular complexity index is 348. The zero-order valence-electron chi connectivity index (χ0n) is 9.77. The number of hydrogen-bond donors (Lipinski definition) is 3. The quantitative estimate of drug-likeness (QED) is 0.684. The van der Waals surface area contributed by atoms with E-state index < -0.39 is 34.7 Å². The number of hydrogen-bond acceptors (Lipinski definition) is 3. The minimum Gasteiger partial charge on any atom is -0.481 e. The van der Waals surface area contributed by atoms with Crippen LogP contribution in [0.15, 0.2) is 0 Å². The van der Waals surface area contributed by atoms with Crippen LogP contribution in [0.3, 0.4) is 0 Å². The van der Waals surface area contributed by atoms with E-state index in [9.17, 15) is 14.4 Å². The van der Waals surface area contributed by atoms with E-state index in [1.807, 2.05) is 0 Å². The van der Waals surface area contributed by atoms with Crippen molar-refractivity contribution >= 4 is 17.9 Å². The van der Waals surface area contributed by atoms with Gasteiger partial charge in [0.05, 0.1) is 16.7 Å². The van der Waals surface area contributed by atoms with E-state index >= 15 is 0 Å². The molecule has 3 N–H and O–H groups in total. The highest BCUT2D eigenvalue weighted by atomic mass is 16.4. The molecule has 17 heavy (non-hydrogen) atoms. The molecule has 1 fully saturated rings. The molecule has 0 aromatic heterocycles. The molecule has 0 spiro atoms. The van der Waals surface area contributed by atoms with Crippen molar-refractivity contribution in [3.05, 3.63) is 0 Å². The van der Waals surface area contributed by atoms with Crippen molar-refractivity contribution < 1.29 is 29.7 Å². The van der Waals surface area contributed by atoms with Crippen LogP contribution in [0.25, 0.3) is 0 Å². The summed E-state index contributed by atoms with van der Waals surface area (Å²) in [7, 11) is 0. The molecule has 0 aromatic carbocycles. The minimum atomic E-state index is -1.30. The van der Waals surface area contributed by atoms with E-state index in [1.165, 1.54) is 13.8 Å². The Morgan fingerprint density at radius 3 is 1.53 bits per heavy atom. The number of aliphatic carboxylic acids is 3. The summed E-state index contributed by atoms with van der Waals surface area (Å²) in [4.78, 5) is 33.3. The molecule has 0 aromatic rings. The summed E-state index contributed by atoms with van der Waals surface area (Å²) >= 11 is 0. The monoisotopic (exact) mass is 244 g/mol. The summed E-state index contributed by atoms with van der Waals surface area (Å²) < 4.78 is 0. The molecule has 1 saturated carbocycles. The van der Waals surface area contributed by atoms with Gasteiger partial charge in [0.25, 0.3) is 0 Å². The Morgan fingerprint density at radius 1 is 0.941 bits per heavy atom. The SMILES string of the molecule is C[C@]1(C(=O)O)CC(C(=O)O)C[C@@](C)(C(=O)O)C1. The zero-order valence-corrected chi connectivity index (χ0v) is 9.77. The van der Waals surface area contributed by atoms with Crippen molar-refractivity contribution in [2.75, 3.05) is 0 Å². The van der Waals surface area contributed by atoms with Gasteiger partial charge in [-0.25, -0.2) is 0 Å². The van der Waals surface area contributed by atoms with Crippen LogP contribution in [0.2, 0.25) is 0 Å². The fraction of sp³-hybridized carbons (Fsp3) is 0.727. The minimum absolute atomic E-state index is 0.0272.